The SMILES string of the molecule is COCCOCCNCC(O)COC(C)CC(C)C. The van der Waals surface area contributed by atoms with Crippen LogP contribution in [-0.2, 0) is 14.2 Å². The molecule has 0 radical (unpaired) electrons. The Hall–Kier alpha value is -0.200. The Kier molecular flexibility index (Phi) is 12.7. The number of aliphatic hydroxyl groups excluding tert-OH is 1. The summed E-state index contributed by atoms with van der Waals surface area (Å²) >= 11 is 0. The zero-order valence-electron chi connectivity index (χ0n) is 12.9. The molecule has 2 N–H and O–H groups in total. The lowest BCUT2D eigenvalue weighted by Gasteiger charge is -2.18. The Morgan fingerprint density at radius 2 is 1.84 bits per heavy atom. The quantitative estimate of drug-likeness (QED) is 0.493. The van der Waals surface area contributed by atoms with Crippen molar-refractivity contribution in [1.82, 2.24) is 5.32 Å². The Morgan fingerprint density at radius 1 is 1.11 bits per heavy atom. The molecule has 0 heterocycles. The Morgan fingerprint density at radius 3 is 2.47 bits per heavy atom. The molecular weight excluding hydrogens is 246 g/mol. The minimum atomic E-state index is -0.464. The molecule has 0 saturated carbocycles. The molecule has 116 valence electrons. The molecule has 5 nitrogen and oxygen atoms in total. The molecule has 0 aliphatic heterocycles. The minimum Gasteiger partial charge on any atom is -0.389 e. The average molecular weight is 277 g/mol. The molecule has 2 atom stereocenters. The van der Waals surface area contributed by atoms with Crippen molar-refractivity contribution in [2.24, 2.45) is 5.92 Å². The van der Waals surface area contributed by atoms with Gasteiger partial charge in [0.05, 0.1) is 38.6 Å². The third kappa shape index (κ3) is 14.0. The van der Waals surface area contributed by atoms with Crippen LogP contribution in [0, 0.1) is 5.92 Å². The van der Waals surface area contributed by atoms with Crippen molar-refractivity contribution in [2.45, 2.75) is 39.4 Å². The van der Waals surface area contributed by atoms with Gasteiger partial charge in [-0.15, -0.1) is 0 Å². The molecule has 0 aromatic rings. The highest BCUT2D eigenvalue weighted by Crippen LogP contribution is 2.07. The highest BCUT2D eigenvalue weighted by molar-refractivity contribution is 4.61. The van der Waals surface area contributed by atoms with E-state index in [1.807, 2.05) is 6.92 Å². The van der Waals surface area contributed by atoms with Gasteiger partial charge in [-0.05, 0) is 19.3 Å². The topological polar surface area (TPSA) is 60.0 Å². The fourth-order valence-electron chi connectivity index (χ4n) is 1.72. The van der Waals surface area contributed by atoms with Crippen molar-refractivity contribution in [1.29, 1.82) is 0 Å². The molecule has 0 aliphatic rings. The molecule has 0 saturated heterocycles. The van der Waals surface area contributed by atoms with Crippen LogP contribution in [0.5, 0.6) is 0 Å². The number of ether oxygens (including phenoxy) is 3. The molecule has 0 aromatic carbocycles. The van der Waals surface area contributed by atoms with Crippen molar-refractivity contribution in [2.75, 3.05) is 46.6 Å². The van der Waals surface area contributed by atoms with E-state index in [0.717, 1.165) is 13.0 Å². The summed E-state index contributed by atoms with van der Waals surface area (Å²) in [7, 11) is 1.65. The first-order chi connectivity index (χ1) is 9.06. The highest BCUT2D eigenvalue weighted by atomic mass is 16.5. The predicted molar refractivity (Wildman–Crippen MR) is 76.4 cm³/mol. The molecule has 19 heavy (non-hydrogen) atoms. The van der Waals surface area contributed by atoms with Gasteiger partial charge in [-0.3, -0.25) is 0 Å². The molecule has 0 amide bonds. The predicted octanol–water partition coefficient (Wildman–Crippen LogP) is 1.05. The van der Waals surface area contributed by atoms with Crippen LogP contribution >= 0.6 is 0 Å². The van der Waals surface area contributed by atoms with Gasteiger partial charge in [-0.25, -0.2) is 0 Å². The highest BCUT2D eigenvalue weighted by Gasteiger charge is 2.09. The fourth-order valence-corrected chi connectivity index (χ4v) is 1.72. The standard InChI is InChI=1S/C14H31NO4/c1-12(2)9-13(3)19-11-14(16)10-15-5-6-18-8-7-17-4/h12-16H,5-11H2,1-4H3. The Labute approximate surface area is 117 Å². The first-order valence-corrected chi connectivity index (χ1v) is 7.13. The van der Waals surface area contributed by atoms with Gasteiger partial charge < -0.3 is 24.6 Å². The molecule has 2 unspecified atom stereocenters. The smallest absolute Gasteiger partial charge is 0.0897 e. The third-order valence-electron chi connectivity index (χ3n) is 2.61. The third-order valence-corrected chi connectivity index (χ3v) is 2.61. The van der Waals surface area contributed by atoms with E-state index >= 15 is 0 Å². The molecule has 0 aliphatic carbocycles. The summed E-state index contributed by atoms with van der Waals surface area (Å²) in [6, 6.07) is 0. The first kappa shape index (κ1) is 18.8. The van der Waals surface area contributed by atoms with Gasteiger partial charge >= 0.3 is 0 Å². The van der Waals surface area contributed by atoms with Crippen LogP contribution in [-0.4, -0.2) is 63.9 Å². The van der Waals surface area contributed by atoms with Crippen LogP contribution < -0.4 is 5.32 Å². The molecule has 0 bridgehead atoms. The zero-order valence-corrected chi connectivity index (χ0v) is 12.9. The van der Waals surface area contributed by atoms with E-state index in [-0.39, 0.29) is 6.10 Å². The normalized spacial score (nSPS) is 14.8. The van der Waals surface area contributed by atoms with Gasteiger partial charge in [0.15, 0.2) is 0 Å². The number of hydrogen-bond donors (Lipinski definition) is 2. The monoisotopic (exact) mass is 277 g/mol. The van der Waals surface area contributed by atoms with E-state index in [2.05, 4.69) is 19.2 Å². The maximum absolute atomic E-state index is 9.72. The van der Waals surface area contributed by atoms with Crippen LogP contribution in [0.15, 0.2) is 0 Å². The number of hydrogen-bond acceptors (Lipinski definition) is 5. The van der Waals surface area contributed by atoms with Crippen molar-refractivity contribution in [3.8, 4) is 0 Å². The minimum absolute atomic E-state index is 0.201. The molecular formula is C14H31NO4. The van der Waals surface area contributed by atoms with E-state index in [4.69, 9.17) is 14.2 Å². The number of aliphatic hydroxyl groups is 1. The van der Waals surface area contributed by atoms with Crippen LogP contribution in [0.3, 0.4) is 0 Å². The van der Waals surface area contributed by atoms with Crippen LogP contribution in [0.1, 0.15) is 27.2 Å². The number of rotatable bonds is 13. The van der Waals surface area contributed by atoms with E-state index in [1.165, 1.54) is 0 Å². The second kappa shape index (κ2) is 12.8. The Bertz CT molecular complexity index is 190. The molecule has 0 rings (SSSR count). The van der Waals surface area contributed by atoms with Crippen molar-refractivity contribution >= 4 is 0 Å². The largest absolute Gasteiger partial charge is 0.389 e. The maximum Gasteiger partial charge on any atom is 0.0897 e. The second-order valence-electron chi connectivity index (χ2n) is 5.24. The Balaban J connectivity index is 3.32. The van der Waals surface area contributed by atoms with E-state index in [9.17, 15) is 5.11 Å². The first-order valence-electron chi connectivity index (χ1n) is 7.13. The maximum atomic E-state index is 9.72. The van der Waals surface area contributed by atoms with Crippen molar-refractivity contribution < 1.29 is 19.3 Å². The number of methoxy groups -OCH3 is 1. The lowest BCUT2D eigenvalue weighted by Crippen LogP contribution is -2.33. The summed E-state index contributed by atoms with van der Waals surface area (Å²) in [4.78, 5) is 0. The molecule has 0 aromatic heterocycles. The summed E-state index contributed by atoms with van der Waals surface area (Å²) in [5.74, 6) is 0.620. The van der Waals surface area contributed by atoms with E-state index in [0.29, 0.717) is 38.9 Å². The molecule has 5 heteroatoms. The summed E-state index contributed by atoms with van der Waals surface area (Å²) in [6.45, 7) is 9.86. The fraction of sp³-hybridized carbons (Fsp3) is 1.00. The van der Waals surface area contributed by atoms with Gasteiger partial charge in [0, 0.05) is 20.2 Å². The van der Waals surface area contributed by atoms with Gasteiger partial charge in [-0.1, -0.05) is 13.8 Å². The van der Waals surface area contributed by atoms with Crippen LogP contribution in [0.25, 0.3) is 0 Å². The molecule has 0 fully saturated rings. The van der Waals surface area contributed by atoms with Crippen molar-refractivity contribution in [3.05, 3.63) is 0 Å². The summed E-state index contributed by atoms with van der Waals surface area (Å²) in [5, 5.41) is 12.9. The van der Waals surface area contributed by atoms with Gasteiger partial charge in [0.1, 0.15) is 0 Å². The van der Waals surface area contributed by atoms with Gasteiger partial charge in [-0.2, -0.15) is 0 Å². The van der Waals surface area contributed by atoms with Crippen LogP contribution in [0.4, 0.5) is 0 Å². The van der Waals surface area contributed by atoms with Crippen molar-refractivity contribution in [3.63, 3.8) is 0 Å². The van der Waals surface area contributed by atoms with E-state index in [1.54, 1.807) is 7.11 Å². The second-order valence-corrected chi connectivity index (χ2v) is 5.24. The summed E-state index contributed by atoms with van der Waals surface area (Å²) < 4.78 is 15.8. The van der Waals surface area contributed by atoms with E-state index < -0.39 is 6.10 Å². The molecule has 0 spiro atoms. The average Bonchev–Trinajstić information content (AvgIpc) is 2.34. The lowest BCUT2D eigenvalue weighted by molar-refractivity contribution is -0.00916. The van der Waals surface area contributed by atoms with Crippen LogP contribution in [0.2, 0.25) is 0 Å². The lowest BCUT2D eigenvalue weighted by atomic mass is 10.1. The van der Waals surface area contributed by atoms with Gasteiger partial charge in [0.2, 0.25) is 0 Å². The summed E-state index contributed by atoms with van der Waals surface area (Å²) in [6.07, 6.45) is 0.758. The summed E-state index contributed by atoms with van der Waals surface area (Å²) in [5.41, 5.74) is 0. The van der Waals surface area contributed by atoms with Gasteiger partial charge in [0.25, 0.3) is 0 Å². The number of nitrogens with one attached hydrogen (secondary N) is 1. The zero-order chi connectivity index (χ0) is 14.5.